The summed E-state index contributed by atoms with van der Waals surface area (Å²) in [5.74, 6) is 0.0641. The Morgan fingerprint density at radius 3 is 2.82 bits per heavy atom. The van der Waals surface area contributed by atoms with Gasteiger partial charge in [0.05, 0.1) is 35.1 Å². The number of nitrogens with one attached hydrogen (secondary N) is 3. The van der Waals surface area contributed by atoms with Crippen molar-refractivity contribution >= 4 is 40.2 Å². The van der Waals surface area contributed by atoms with E-state index in [-0.39, 0.29) is 5.78 Å². The second kappa shape index (κ2) is 9.19. The molecule has 8 nitrogen and oxygen atoms in total. The monoisotopic (exact) mass is 451 g/mol. The number of hydrogen-bond donors (Lipinski definition) is 3. The van der Waals surface area contributed by atoms with Crippen LogP contribution in [0.25, 0.3) is 23.1 Å². The van der Waals surface area contributed by atoms with Crippen LogP contribution >= 0.6 is 0 Å². The number of benzene rings is 2. The predicted octanol–water partition coefficient (Wildman–Crippen LogP) is 5.15. The van der Waals surface area contributed by atoms with E-state index < -0.39 is 0 Å². The summed E-state index contributed by atoms with van der Waals surface area (Å²) in [4.78, 5) is 19.9. The molecule has 3 heterocycles. The lowest BCUT2D eigenvalue weighted by molar-refractivity contribution is 0.0983. The van der Waals surface area contributed by atoms with Crippen LogP contribution in [-0.2, 0) is 13.0 Å². The van der Waals surface area contributed by atoms with E-state index in [0.29, 0.717) is 18.7 Å². The summed E-state index contributed by atoms with van der Waals surface area (Å²) in [5.41, 5.74) is 7.02. The molecule has 0 aliphatic rings. The van der Waals surface area contributed by atoms with Crippen molar-refractivity contribution in [3.05, 3.63) is 89.4 Å². The van der Waals surface area contributed by atoms with Crippen LogP contribution in [-0.4, -0.2) is 35.7 Å². The zero-order valence-electron chi connectivity index (χ0n) is 19.0. The first-order valence-electron chi connectivity index (χ1n) is 11.2. The lowest BCUT2D eigenvalue weighted by Crippen LogP contribution is -2.11. The zero-order valence-corrected chi connectivity index (χ0v) is 19.0. The third kappa shape index (κ3) is 4.52. The van der Waals surface area contributed by atoms with Gasteiger partial charge in [0.1, 0.15) is 5.69 Å². The number of ketones is 1. The lowest BCUT2D eigenvalue weighted by Gasteiger charge is -2.09. The zero-order chi connectivity index (χ0) is 23.5. The molecule has 5 rings (SSSR count). The van der Waals surface area contributed by atoms with E-state index in [0.717, 1.165) is 44.9 Å². The normalized spacial score (nSPS) is 11.5. The largest absolute Gasteiger partial charge is 0.355 e. The van der Waals surface area contributed by atoms with Gasteiger partial charge in [-0.1, -0.05) is 12.1 Å². The van der Waals surface area contributed by atoms with Gasteiger partial charge in [-0.2, -0.15) is 10.2 Å². The Kier molecular flexibility index (Phi) is 5.78. The van der Waals surface area contributed by atoms with Gasteiger partial charge in [-0.15, -0.1) is 0 Å². The van der Waals surface area contributed by atoms with Crippen molar-refractivity contribution in [3.8, 4) is 0 Å². The van der Waals surface area contributed by atoms with Gasteiger partial charge in [0.25, 0.3) is 0 Å². The molecule has 0 spiro atoms. The minimum atomic E-state index is 0.0641. The Balaban J connectivity index is 1.31. The van der Waals surface area contributed by atoms with Gasteiger partial charge in [0.2, 0.25) is 0 Å². The summed E-state index contributed by atoms with van der Waals surface area (Å²) in [7, 11) is 0. The number of aryl methyl sites for hydroxylation is 2. The summed E-state index contributed by atoms with van der Waals surface area (Å²) in [5, 5.41) is 16.4. The van der Waals surface area contributed by atoms with Crippen molar-refractivity contribution in [2.75, 3.05) is 5.32 Å². The van der Waals surface area contributed by atoms with Gasteiger partial charge in [-0.3, -0.25) is 14.6 Å². The molecule has 5 aromatic rings. The van der Waals surface area contributed by atoms with Crippen LogP contribution in [0, 0.1) is 6.92 Å². The van der Waals surface area contributed by atoms with E-state index in [1.165, 1.54) is 0 Å². The van der Waals surface area contributed by atoms with E-state index >= 15 is 0 Å². The Morgan fingerprint density at radius 2 is 2.00 bits per heavy atom. The van der Waals surface area contributed by atoms with Crippen molar-refractivity contribution in [2.45, 2.75) is 26.8 Å². The van der Waals surface area contributed by atoms with Crippen molar-refractivity contribution in [1.29, 1.82) is 0 Å². The molecule has 3 N–H and O–H groups in total. The quantitative estimate of drug-likeness (QED) is 0.283. The van der Waals surface area contributed by atoms with Gasteiger partial charge >= 0.3 is 0 Å². The number of hydrogen-bond acceptors (Lipinski definition) is 5. The smallest absolute Gasteiger partial charge is 0.185 e. The number of anilines is 2. The number of imidazole rings is 1. The Bertz CT molecular complexity index is 1470. The van der Waals surface area contributed by atoms with Gasteiger partial charge in [-0.05, 0) is 68.0 Å². The van der Waals surface area contributed by atoms with Crippen LogP contribution in [0.5, 0.6) is 0 Å². The van der Waals surface area contributed by atoms with E-state index in [2.05, 4.69) is 30.6 Å². The highest BCUT2D eigenvalue weighted by Gasteiger charge is 2.14. The van der Waals surface area contributed by atoms with Crippen LogP contribution in [0.4, 0.5) is 11.4 Å². The Hall–Kier alpha value is -4.46. The summed E-state index contributed by atoms with van der Waals surface area (Å²) in [6, 6.07) is 15.9. The molecule has 0 saturated heterocycles. The van der Waals surface area contributed by atoms with E-state index in [1.807, 2.05) is 74.5 Å². The van der Waals surface area contributed by atoms with Crippen LogP contribution in [0.15, 0.2) is 61.1 Å². The molecule has 170 valence electrons. The first-order chi connectivity index (χ1) is 16.6. The first-order valence-corrected chi connectivity index (χ1v) is 11.2. The minimum absolute atomic E-state index is 0.0641. The van der Waals surface area contributed by atoms with Crippen LogP contribution in [0.2, 0.25) is 0 Å². The molecule has 0 aliphatic carbocycles. The fourth-order valence-corrected chi connectivity index (χ4v) is 3.98. The third-order valence-corrected chi connectivity index (χ3v) is 5.60. The second-order valence-electron chi connectivity index (χ2n) is 8.12. The molecule has 0 amide bonds. The molecule has 2 aromatic carbocycles. The number of aromatic amines is 2. The number of Topliss-reactive ketones (excluding diaryl/α,β-unsaturated/α-hetero) is 1. The van der Waals surface area contributed by atoms with Crippen LogP contribution in [0.3, 0.4) is 0 Å². The maximum Gasteiger partial charge on any atom is 0.185 e. The number of H-pyrrole nitrogens is 2. The predicted molar refractivity (Wildman–Crippen MR) is 134 cm³/mol. The fraction of sp³-hybridized carbons (Fsp3) is 0.154. The van der Waals surface area contributed by atoms with Crippen LogP contribution < -0.4 is 5.32 Å². The number of aromatic nitrogens is 6. The molecule has 3 aromatic heterocycles. The maximum atomic E-state index is 12.9. The molecule has 0 atom stereocenters. The summed E-state index contributed by atoms with van der Waals surface area (Å²) in [6.07, 6.45) is 7.62. The highest BCUT2D eigenvalue weighted by atomic mass is 16.1. The maximum absolute atomic E-state index is 12.9. The molecule has 0 unspecified atom stereocenters. The number of nitrogens with zero attached hydrogens (tertiary/aromatic N) is 4. The Morgan fingerprint density at radius 1 is 1.12 bits per heavy atom. The molecule has 0 aliphatic heterocycles. The molecule has 0 bridgehead atoms. The number of carbonyl (C=O) groups excluding carboxylic acids is 1. The van der Waals surface area contributed by atoms with Gasteiger partial charge in [0.15, 0.2) is 5.78 Å². The second-order valence-corrected chi connectivity index (χ2v) is 8.12. The van der Waals surface area contributed by atoms with Gasteiger partial charge in [-0.25, -0.2) is 4.98 Å². The number of carbonyl (C=O) groups is 1. The van der Waals surface area contributed by atoms with Gasteiger partial charge in [0, 0.05) is 29.7 Å². The van der Waals surface area contributed by atoms with Gasteiger partial charge < -0.3 is 10.3 Å². The van der Waals surface area contributed by atoms with Crippen molar-refractivity contribution in [3.63, 3.8) is 0 Å². The highest BCUT2D eigenvalue weighted by Crippen LogP contribution is 2.25. The lowest BCUT2D eigenvalue weighted by atomic mass is 10.1. The van der Waals surface area contributed by atoms with Crippen molar-refractivity contribution < 1.29 is 4.79 Å². The van der Waals surface area contributed by atoms with E-state index in [4.69, 9.17) is 0 Å². The van der Waals surface area contributed by atoms with Crippen molar-refractivity contribution in [1.82, 2.24) is 29.9 Å². The molecule has 0 fully saturated rings. The summed E-state index contributed by atoms with van der Waals surface area (Å²) >= 11 is 0. The molecular weight excluding hydrogens is 426 g/mol. The van der Waals surface area contributed by atoms with E-state index in [1.54, 1.807) is 17.2 Å². The number of fused-ring (bicyclic) bond motifs is 1. The average molecular weight is 452 g/mol. The van der Waals surface area contributed by atoms with Crippen LogP contribution in [0.1, 0.15) is 40.1 Å². The fourth-order valence-electron chi connectivity index (χ4n) is 3.98. The minimum Gasteiger partial charge on any atom is -0.355 e. The summed E-state index contributed by atoms with van der Waals surface area (Å²) in [6.45, 7) is 4.57. The molecule has 0 radical (unpaired) electrons. The Labute approximate surface area is 196 Å². The number of rotatable bonds is 8. The molecule has 8 heteroatoms. The average Bonchev–Trinajstić information content (AvgIpc) is 3.57. The third-order valence-electron chi connectivity index (χ3n) is 5.60. The standard InChI is InChI=1S/C26H25N7O/c1-3-33-25(11-17(2)32-33)26(34)13-18-5-4-6-19(12-18)29-20-7-9-22-23(30-31-24(22)14-20)10-8-21-15-27-16-28-21/h4-12,14-16,29H,3,13H2,1-2H3,(H,27,28)(H,30,31). The first kappa shape index (κ1) is 21.4. The topological polar surface area (TPSA) is 104 Å². The SMILES string of the molecule is CCn1nc(C)cc1C(=O)Cc1cccc(Nc2ccc3c(C=Cc4cnc[nH]4)n[nH]c3c2)c1. The molecular formula is C26H25N7O. The molecule has 0 saturated carbocycles. The summed E-state index contributed by atoms with van der Waals surface area (Å²) < 4.78 is 1.76. The van der Waals surface area contributed by atoms with E-state index in [9.17, 15) is 4.79 Å². The molecule has 34 heavy (non-hydrogen) atoms. The highest BCUT2D eigenvalue weighted by molar-refractivity contribution is 5.96. The van der Waals surface area contributed by atoms with Crippen molar-refractivity contribution in [2.24, 2.45) is 0 Å².